The van der Waals surface area contributed by atoms with Gasteiger partial charge in [-0.25, -0.2) is 0 Å². The van der Waals surface area contributed by atoms with E-state index < -0.39 is 6.04 Å². The number of benzene rings is 3. The van der Waals surface area contributed by atoms with Crippen LogP contribution in [0.4, 0.5) is 0 Å². The Kier molecular flexibility index (Phi) is 9.11. The molecule has 6 heteroatoms. The van der Waals surface area contributed by atoms with Crippen LogP contribution in [0.1, 0.15) is 16.7 Å². The van der Waals surface area contributed by atoms with Crippen LogP contribution in [0.15, 0.2) is 91.5 Å². The van der Waals surface area contributed by atoms with Crippen LogP contribution in [0, 0.1) is 0 Å². The molecule has 170 valence electrons. The minimum atomic E-state index is -0.692. The normalized spacial score (nSPS) is 11.5. The van der Waals surface area contributed by atoms with Gasteiger partial charge in [0.2, 0.25) is 11.8 Å². The highest BCUT2D eigenvalue weighted by molar-refractivity contribution is 6.30. The van der Waals surface area contributed by atoms with Crippen molar-refractivity contribution in [1.29, 1.82) is 0 Å². The molecule has 0 saturated heterocycles. The van der Waals surface area contributed by atoms with E-state index in [1.54, 1.807) is 35.2 Å². The van der Waals surface area contributed by atoms with Gasteiger partial charge in [-0.1, -0.05) is 83.9 Å². The van der Waals surface area contributed by atoms with Crippen molar-refractivity contribution in [2.75, 3.05) is 6.54 Å². The van der Waals surface area contributed by atoms with E-state index in [0.29, 0.717) is 23.0 Å². The molecule has 0 radical (unpaired) electrons. The van der Waals surface area contributed by atoms with Gasteiger partial charge in [0.15, 0.2) is 0 Å². The maximum atomic E-state index is 13.5. The molecule has 0 aliphatic carbocycles. The Morgan fingerprint density at radius 3 is 2.00 bits per heavy atom. The van der Waals surface area contributed by atoms with Crippen LogP contribution in [0.2, 0.25) is 10.0 Å². The van der Waals surface area contributed by atoms with Crippen LogP contribution >= 0.6 is 23.2 Å². The number of carbonyl (C=O) groups is 2. The van der Waals surface area contributed by atoms with Crippen LogP contribution in [-0.2, 0) is 29.0 Å². The third-order valence-corrected chi connectivity index (χ3v) is 5.73. The number of hydrogen-bond donors (Lipinski definition) is 1. The van der Waals surface area contributed by atoms with Crippen LogP contribution < -0.4 is 5.32 Å². The lowest BCUT2D eigenvalue weighted by Crippen LogP contribution is -2.51. The molecule has 0 aliphatic rings. The van der Waals surface area contributed by atoms with E-state index in [2.05, 4.69) is 11.9 Å². The number of amides is 2. The molecule has 2 amide bonds. The highest BCUT2D eigenvalue weighted by Gasteiger charge is 2.30. The molecule has 3 aromatic carbocycles. The van der Waals surface area contributed by atoms with E-state index in [9.17, 15) is 9.59 Å². The third-order valence-electron chi connectivity index (χ3n) is 5.23. The largest absolute Gasteiger partial charge is 0.351 e. The van der Waals surface area contributed by atoms with Crippen molar-refractivity contribution >= 4 is 35.0 Å². The lowest BCUT2D eigenvalue weighted by molar-refractivity contribution is -0.140. The molecule has 0 heterocycles. The summed E-state index contributed by atoms with van der Waals surface area (Å²) in [5, 5.41) is 4.08. The standard InChI is InChI=1S/C27H26Cl2N2O2/c1-2-16-30-27(33)25(17-20-6-4-3-5-7-20)31(19-22-10-14-24(29)15-11-22)26(32)18-21-8-12-23(28)13-9-21/h2-15,25H,1,16-19H2,(H,30,33)/t25-/m0/s1. The Labute approximate surface area is 204 Å². The van der Waals surface area contributed by atoms with Gasteiger partial charge in [0.25, 0.3) is 0 Å². The summed E-state index contributed by atoms with van der Waals surface area (Å²) in [6, 6.07) is 23.4. The fourth-order valence-electron chi connectivity index (χ4n) is 3.51. The van der Waals surface area contributed by atoms with E-state index in [1.807, 2.05) is 54.6 Å². The van der Waals surface area contributed by atoms with Crippen molar-refractivity contribution < 1.29 is 9.59 Å². The van der Waals surface area contributed by atoms with E-state index in [4.69, 9.17) is 23.2 Å². The number of nitrogens with one attached hydrogen (secondary N) is 1. The molecule has 0 bridgehead atoms. The van der Waals surface area contributed by atoms with Gasteiger partial charge >= 0.3 is 0 Å². The van der Waals surface area contributed by atoms with Crippen molar-refractivity contribution in [3.63, 3.8) is 0 Å². The summed E-state index contributed by atoms with van der Waals surface area (Å²) in [6.45, 7) is 4.28. The predicted molar refractivity (Wildman–Crippen MR) is 134 cm³/mol. The molecule has 1 atom stereocenters. The predicted octanol–water partition coefficient (Wildman–Crippen LogP) is 5.48. The summed E-state index contributed by atoms with van der Waals surface area (Å²) in [6.07, 6.45) is 2.17. The topological polar surface area (TPSA) is 49.4 Å². The minimum Gasteiger partial charge on any atom is -0.351 e. The monoisotopic (exact) mass is 480 g/mol. The molecule has 0 saturated carbocycles. The van der Waals surface area contributed by atoms with E-state index in [-0.39, 0.29) is 24.8 Å². The van der Waals surface area contributed by atoms with Crippen LogP contribution in [0.25, 0.3) is 0 Å². The zero-order valence-corrected chi connectivity index (χ0v) is 19.7. The third kappa shape index (κ3) is 7.48. The van der Waals surface area contributed by atoms with Gasteiger partial charge in [-0.05, 0) is 41.0 Å². The smallest absolute Gasteiger partial charge is 0.243 e. The zero-order chi connectivity index (χ0) is 23.6. The fraction of sp³-hybridized carbons (Fsp3) is 0.185. The van der Waals surface area contributed by atoms with Crippen LogP contribution in [-0.4, -0.2) is 29.3 Å². The molecule has 3 rings (SSSR count). The van der Waals surface area contributed by atoms with Crippen LogP contribution in [0.5, 0.6) is 0 Å². The Hall–Kier alpha value is -3.08. The first-order valence-corrected chi connectivity index (χ1v) is 11.4. The average Bonchev–Trinajstić information content (AvgIpc) is 2.83. The molecule has 33 heavy (non-hydrogen) atoms. The highest BCUT2D eigenvalue weighted by atomic mass is 35.5. The summed E-state index contributed by atoms with van der Waals surface area (Å²) in [4.78, 5) is 28.4. The van der Waals surface area contributed by atoms with Gasteiger partial charge in [-0.15, -0.1) is 6.58 Å². The molecule has 0 spiro atoms. The van der Waals surface area contributed by atoms with Gasteiger partial charge in [0.1, 0.15) is 6.04 Å². The quantitative estimate of drug-likeness (QED) is 0.390. The zero-order valence-electron chi connectivity index (χ0n) is 18.2. The molecule has 1 N–H and O–H groups in total. The van der Waals surface area contributed by atoms with E-state index >= 15 is 0 Å². The van der Waals surface area contributed by atoms with Gasteiger partial charge < -0.3 is 10.2 Å². The number of nitrogens with zero attached hydrogens (tertiary/aromatic N) is 1. The first kappa shape index (κ1) is 24.6. The Balaban J connectivity index is 1.94. The van der Waals surface area contributed by atoms with Crippen molar-refractivity contribution in [1.82, 2.24) is 10.2 Å². The number of halogens is 2. The first-order chi connectivity index (χ1) is 16.0. The highest BCUT2D eigenvalue weighted by Crippen LogP contribution is 2.19. The molecule has 4 nitrogen and oxygen atoms in total. The fourth-order valence-corrected chi connectivity index (χ4v) is 3.76. The Morgan fingerprint density at radius 2 is 1.42 bits per heavy atom. The van der Waals surface area contributed by atoms with Crippen molar-refractivity contribution in [3.8, 4) is 0 Å². The van der Waals surface area contributed by atoms with E-state index in [1.165, 1.54) is 0 Å². The van der Waals surface area contributed by atoms with Gasteiger partial charge in [0, 0.05) is 29.6 Å². The van der Waals surface area contributed by atoms with E-state index in [0.717, 1.165) is 16.7 Å². The lowest BCUT2D eigenvalue weighted by Gasteiger charge is -2.31. The summed E-state index contributed by atoms with van der Waals surface area (Å²) >= 11 is 12.0. The second kappa shape index (κ2) is 12.2. The maximum absolute atomic E-state index is 13.5. The molecule has 3 aromatic rings. The average molecular weight is 481 g/mol. The van der Waals surface area contributed by atoms with Crippen molar-refractivity contribution in [3.05, 3.63) is 118 Å². The molecule has 0 aliphatic heterocycles. The molecular formula is C27H26Cl2N2O2. The van der Waals surface area contributed by atoms with Gasteiger partial charge in [0.05, 0.1) is 6.42 Å². The minimum absolute atomic E-state index is 0.151. The number of carbonyl (C=O) groups excluding carboxylic acids is 2. The second-order valence-electron chi connectivity index (χ2n) is 7.69. The Bertz CT molecular complexity index is 1070. The first-order valence-electron chi connectivity index (χ1n) is 10.7. The molecular weight excluding hydrogens is 455 g/mol. The Morgan fingerprint density at radius 1 is 0.848 bits per heavy atom. The molecule has 0 fully saturated rings. The second-order valence-corrected chi connectivity index (χ2v) is 8.56. The number of rotatable bonds is 10. The SMILES string of the molecule is C=CCNC(=O)[C@H](Cc1ccccc1)N(Cc1ccc(Cl)cc1)C(=O)Cc1ccc(Cl)cc1. The molecule has 0 aromatic heterocycles. The summed E-state index contributed by atoms with van der Waals surface area (Å²) in [5.41, 5.74) is 2.69. The van der Waals surface area contributed by atoms with Crippen molar-refractivity contribution in [2.24, 2.45) is 0 Å². The lowest BCUT2D eigenvalue weighted by atomic mass is 10.0. The van der Waals surface area contributed by atoms with Gasteiger partial charge in [-0.2, -0.15) is 0 Å². The molecule has 0 unspecified atom stereocenters. The van der Waals surface area contributed by atoms with Crippen LogP contribution in [0.3, 0.4) is 0 Å². The summed E-state index contributed by atoms with van der Waals surface area (Å²) < 4.78 is 0. The maximum Gasteiger partial charge on any atom is 0.243 e. The number of hydrogen-bond acceptors (Lipinski definition) is 2. The van der Waals surface area contributed by atoms with Gasteiger partial charge in [-0.3, -0.25) is 9.59 Å². The summed E-state index contributed by atoms with van der Waals surface area (Å²) in [5.74, 6) is -0.376. The summed E-state index contributed by atoms with van der Waals surface area (Å²) in [7, 11) is 0. The van der Waals surface area contributed by atoms with Crippen molar-refractivity contribution in [2.45, 2.75) is 25.4 Å².